The maximum atomic E-state index is 12.7. The van der Waals surface area contributed by atoms with Crippen molar-refractivity contribution in [3.05, 3.63) is 53.6 Å². The summed E-state index contributed by atoms with van der Waals surface area (Å²) in [6.45, 7) is 1.86. The van der Waals surface area contributed by atoms with E-state index in [2.05, 4.69) is 0 Å². The maximum absolute atomic E-state index is 12.7. The van der Waals surface area contributed by atoms with Crippen molar-refractivity contribution >= 4 is 11.8 Å². The van der Waals surface area contributed by atoms with E-state index < -0.39 is 0 Å². The number of methoxy groups -OCH3 is 1. The lowest BCUT2D eigenvalue weighted by molar-refractivity contribution is 0.0718. The summed E-state index contributed by atoms with van der Waals surface area (Å²) in [5.74, 6) is 0.00409. The lowest BCUT2D eigenvalue weighted by Gasteiger charge is -2.22. The Morgan fingerprint density at radius 1 is 0.815 bits per heavy atom. The molecule has 0 spiro atoms. The molecule has 7 nitrogen and oxygen atoms in total. The van der Waals surface area contributed by atoms with Gasteiger partial charge in [-0.05, 0) is 42.8 Å². The fraction of sp³-hybridized carbons (Fsp3) is 0.300. The molecular formula is C20H22N2O5. The third-order valence-corrected chi connectivity index (χ3v) is 4.56. The summed E-state index contributed by atoms with van der Waals surface area (Å²) in [7, 11) is 1.57. The average molecular weight is 370 g/mol. The van der Waals surface area contributed by atoms with Gasteiger partial charge in [0.15, 0.2) is 0 Å². The van der Waals surface area contributed by atoms with Gasteiger partial charge in [-0.3, -0.25) is 9.59 Å². The maximum Gasteiger partial charge on any atom is 0.254 e. The highest BCUT2D eigenvalue weighted by molar-refractivity contribution is 5.96. The number of rotatable bonds is 3. The minimum Gasteiger partial charge on any atom is -0.508 e. The third kappa shape index (κ3) is 4.31. The van der Waals surface area contributed by atoms with Crippen molar-refractivity contribution in [1.82, 2.24) is 9.80 Å². The Balaban J connectivity index is 1.67. The van der Waals surface area contributed by atoms with Crippen LogP contribution in [-0.4, -0.2) is 65.1 Å². The summed E-state index contributed by atoms with van der Waals surface area (Å²) in [4.78, 5) is 28.7. The number of benzene rings is 2. The van der Waals surface area contributed by atoms with Crippen LogP contribution in [0.5, 0.6) is 17.2 Å². The molecule has 0 saturated carbocycles. The molecule has 0 radical (unpaired) electrons. The molecule has 0 aliphatic carbocycles. The predicted molar refractivity (Wildman–Crippen MR) is 99.2 cm³/mol. The predicted octanol–water partition coefficient (Wildman–Crippen LogP) is 2.09. The number of phenolic OH excluding ortho intramolecular Hbond substituents is 2. The van der Waals surface area contributed by atoms with Gasteiger partial charge in [-0.25, -0.2) is 0 Å². The molecule has 27 heavy (non-hydrogen) atoms. The van der Waals surface area contributed by atoms with Crippen LogP contribution in [0.3, 0.4) is 0 Å². The number of hydrogen-bond donors (Lipinski definition) is 2. The second-order valence-corrected chi connectivity index (χ2v) is 6.40. The lowest BCUT2D eigenvalue weighted by Crippen LogP contribution is -2.37. The minimum absolute atomic E-state index is 0.0815. The van der Waals surface area contributed by atoms with Crippen LogP contribution in [-0.2, 0) is 0 Å². The molecule has 1 fully saturated rings. The SMILES string of the molecule is COc1ccc(C(=O)N2CCCN(C(=O)c3cc(O)cc(O)c3)CC2)cc1. The quantitative estimate of drug-likeness (QED) is 0.863. The number of phenols is 2. The number of nitrogens with zero attached hydrogens (tertiary/aromatic N) is 2. The van der Waals surface area contributed by atoms with E-state index in [1.165, 1.54) is 18.2 Å². The molecule has 142 valence electrons. The molecule has 2 aromatic rings. The number of amides is 2. The summed E-state index contributed by atoms with van der Waals surface area (Å²) in [6.07, 6.45) is 0.651. The number of aromatic hydroxyl groups is 2. The lowest BCUT2D eigenvalue weighted by atomic mass is 10.1. The van der Waals surface area contributed by atoms with Gasteiger partial charge in [0.25, 0.3) is 11.8 Å². The highest BCUT2D eigenvalue weighted by Crippen LogP contribution is 2.22. The number of carbonyl (C=O) groups excluding carboxylic acids is 2. The molecular weight excluding hydrogens is 348 g/mol. The molecule has 2 amide bonds. The number of hydrogen-bond acceptors (Lipinski definition) is 5. The van der Waals surface area contributed by atoms with Gasteiger partial charge in [-0.1, -0.05) is 0 Å². The van der Waals surface area contributed by atoms with Gasteiger partial charge in [0.2, 0.25) is 0 Å². The number of carbonyl (C=O) groups is 2. The largest absolute Gasteiger partial charge is 0.508 e. The van der Waals surface area contributed by atoms with Gasteiger partial charge in [-0.2, -0.15) is 0 Å². The van der Waals surface area contributed by atoms with Crippen molar-refractivity contribution in [2.24, 2.45) is 0 Å². The smallest absolute Gasteiger partial charge is 0.254 e. The first-order valence-electron chi connectivity index (χ1n) is 8.73. The standard InChI is InChI=1S/C20H22N2O5/c1-27-18-5-3-14(4-6-18)19(25)21-7-2-8-22(10-9-21)20(26)15-11-16(23)13-17(24)12-15/h3-6,11-13,23-24H,2,7-10H2,1H3. The Morgan fingerprint density at radius 3 is 1.85 bits per heavy atom. The van der Waals surface area contributed by atoms with Crippen molar-refractivity contribution in [2.45, 2.75) is 6.42 Å². The van der Waals surface area contributed by atoms with Gasteiger partial charge < -0.3 is 24.7 Å². The van der Waals surface area contributed by atoms with Crippen molar-refractivity contribution in [1.29, 1.82) is 0 Å². The summed E-state index contributed by atoms with van der Waals surface area (Å²) in [5, 5.41) is 19.2. The Morgan fingerprint density at radius 2 is 1.33 bits per heavy atom. The van der Waals surface area contributed by atoms with E-state index in [9.17, 15) is 19.8 Å². The Hall–Kier alpha value is -3.22. The Kier molecular flexibility index (Phi) is 5.49. The summed E-state index contributed by atoms with van der Waals surface area (Å²) in [6, 6.07) is 10.8. The molecule has 7 heteroatoms. The topological polar surface area (TPSA) is 90.3 Å². The molecule has 0 bridgehead atoms. The van der Waals surface area contributed by atoms with Crippen LogP contribution in [0.25, 0.3) is 0 Å². The van der Waals surface area contributed by atoms with Gasteiger partial charge in [0.1, 0.15) is 17.2 Å². The molecule has 2 aromatic carbocycles. The van der Waals surface area contributed by atoms with E-state index in [0.29, 0.717) is 43.9 Å². The fourth-order valence-corrected chi connectivity index (χ4v) is 3.14. The monoisotopic (exact) mass is 370 g/mol. The van der Waals surface area contributed by atoms with Gasteiger partial charge >= 0.3 is 0 Å². The van der Waals surface area contributed by atoms with E-state index in [0.717, 1.165) is 0 Å². The summed E-state index contributed by atoms with van der Waals surface area (Å²) in [5.41, 5.74) is 0.802. The first-order chi connectivity index (χ1) is 13.0. The van der Waals surface area contributed by atoms with Gasteiger partial charge in [-0.15, -0.1) is 0 Å². The van der Waals surface area contributed by atoms with E-state index >= 15 is 0 Å². The minimum atomic E-state index is -0.278. The zero-order valence-electron chi connectivity index (χ0n) is 15.1. The van der Waals surface area contributed by atoms with E-state index in [-0.39, 0.29) is 28.9 Å². The zero-order valence-corrected chi connectivity index (χ0v) is 15.1. The third-order valence-electron chi connectivity index (χ3n) is 4.56. The van der Waals surface area contributed by atoms with Crippen LogP contribution >= 0.6 is 0 Å². The molecule has 0 unspecified atom stereocenters. The van der Waals surface area contributed by atoms with Crippen molar-refractivity contribution in [3.63, 3.8) is 0 Å². The first-order valence-corrected chi connectivity index (χ1v) is 8.73. The zero-order chi connectivity index (χ0) is 19.4. The molecule has 1 aliphatic heterocycles. The first kappa shape index (κ1) is 18.6. The van der Waals surface area contributed by atoms with Crippen LogP contribution < -0.4 is 4.74 Å². The molecule has 2 N–H and O–H groups in total. The van der Waals surface area contributed by atoms with Gasteiger partial charge in [0, 0.05) is 43.4 Å². The average Bonchev–Trinajstić information content (AvgIpc) is 2.92. The highest BCUT2D eigenvalue weighted by Gasteiger charge is 2.24. The van der Waals surface area contributed by atoms with E-state index in [1.54, 1.807) is 41.2 Å². The normalized spacial score (nSPS) is 14.6. The van der Waals surface area contributed by atoms with Crippen molar-refractivity contribution in [2.75, 3.05) is 33.3 Å². The van der Waals surface area contributed by atoms with Crippen molar-refractivity contribution < 1.29 is 24.5 Å². The van der Waals surface area contributed by atoms with Crippen LogP contribution in [0.4, 0.5) is 0 Å². The molecule has 1 saturated heterocycles. The molecule has 0 aromatic heterocycles. The van der Waals surface area contributed by atoms with Crippen LogP contribution in [0.1, 0.15) is 27.1 Å². The van der Waals surface area contributed by atoms with Crippen LogP contribution in [0.2, 0.25) is 0 Å². The molecule has 1 aliphatic rings. The number of ether oxygens (including phenoxy) is 1. The van der Waals surface area contributed by atoms with Crippen LogP contribution in [0, 0.1) is 0 Å². The Bertz CT molecular complexity index is 815. The fourth-order valence-electron chi connectivity index (χ4n) is 3.14. The van der Waals surface area contributed by atoms with Gasteiger partial charge in [0.05, 0.1) is 7.11 Å². The summed E-state index contributed by atoms with van der Waals surface area (Å²) >= 11 is 0. The highest BCUT2D eigenvalue weighted by atomic mass is 16.5. The molecule has 0 atom stereocenters. The van der Waals surface area contributed by atoms with E-state index in [4.69, 9.17) is 4.74 Å². The second kappa shape index (κ2) is 7.99. The second-order valence-electron chi connectivity index (χ2n) is 6.40. The van der Waals surface area contributed by atoms with Crippen molar-refractivity contribution in [3.8, 4) is 17.2 Å². The summed E-state index contributed by atoms with van der Waals surface area (Å²) < 4.78 is 5.11. The molecule has 3 rings (SSSR count). The molecule has 1 heterocycles. The van der Waals surface area contributed by atoms with Crippen LogP contribution in [0.15, 0.2) is 42.5 Å². The Labute approximate surface area is 157 Å². The van der Waals surface area contributed by atoms with E-state index in [1.807, 2.05) is 0 Å².